The first-order chi connectivity index (χ1) is 8.15. The van der Waals surface area contributed by atoms with Gasteiger partial charge in [0.1, 0.15) is 0 Å². The Kier molecular flexibility index (Phi) is 4.21. The second kappa shape index (κ2) is 5.67. The fourth-order valence-corrected chi connectivity index (χ4v) is 2.82. The summed E-state index contributed by atoms with van der Waals surface area (Å²) >= 11 is 7.71. The van der Waals surface area contributed by atoms with E-state index in [1.165, 1.54) is 20.9 Å². The molecule has 2 aromatic rings. The van der Waals surface area contributed by atoms with Crippen molar-refractivity contribution in [3.63, 3.8) is 0 Å². The van der Waals surface area contributed by atoms with Gasteiger partial charge in [0.05, 0.1) is 0 Å². The number of nitrogens with one attached hydrogen (secondary N) is 1. The Labute approximate surface area is 111 Å². The second-order valence-corrected chi connectivity index (χ2v) is 5.96. The molecule has 2 rings (SSSR count). The molecule has 0 amide bonds. The predicted octanol–water partition coefficient (Wildman–Crippen LogP) is 4.31. The third-order valence-electron chi connectivity index (χ3n) is 2.76. The highest BCUT2D eigenvalue weighted by Crippen LogP contribution is 2.20. The van der Waals surface area contributed by atoms with Gasteiger partial charge in [-0.2, -0.15) is 0 Å². The third-order valence-corrected chi connectivity index (χ3v) is 4.16. The van der Waals surface area contributed by atoms with E-state index in [2.05, 4.69) is 37.4 Å². The number of halogens is 1. The Morgan fingerprint density at radius 1 is 1.12 bits per heavy atom. The Hall–Kier alpha value is -0.830. The summed E-state index contributed by atoms with van der Waals surface area (Å²) in [6.45, 7) is 6.15. The quantitative estimate of drug-likeness (QED) is 0.869. The maximum atomic E-state index is 5.84. The summed E-state index contributed by atoms with van der Waals surface area (Å²) in [5.74, 6) is 0. The minimum Gasteiger partial charge on any atom is -0.308 e. The Bertz CT molecular complexity index is 468. The van der Waals surface area contributed by atoms with E-state index in [9.17, 15) is 0 Å². The maximum Gasteiger partial charge on any atom is 0.0406 e. The molecular weight excluding hydrogens is 250 g/mol. The van der Waals surface area contributed by atoms with Crippen molar-refractivity contribution >= 4 is 22.9 Å². The zero-order valence-corrected chi connectivity index (χ0v) is 11.7. The van der Waals surface area contributed by atoms with Gasteiger partial charge in [0.25, 0.3) is 0 Å². The fraction of sp³-hybridized carbons (Fsp3) is 0.286. The molecule has 0 unspecified atom stereocenters. The van der Waals surface area contributed by atoms with E-state index >= 15 is 0 Å². The van der Waals surface area contributed by atoms with Gasteiger partial charge in [-0.3, -0.25) is 0 Å². The van der Waals surface area contributed by atoms with Gasteiger partial charge in [-0.25, -0.2) is 0 Å². The summed E-state index contributed by atoms with van der Waals surface area (Å²) in [4.78, 5) is 2.81. The molecule has 1 N–H and O–H groups in total. The maximum absolute atomic E-state index is 5.84. The molecule has 0 saturated heterocycles. The van der Waals surface area contributed by atoms with Crippen molar-refractivity contribution < 1.29 is 0 Å². The van der Waals surface area contributed by atoms with Gasteiger partial charge >= 0.3 is 0 Å². The Balaban J connectivity index is 1.85. The average molecular weight is 266 g/mol. The third kappa shape index (κ3) is 3.56. The molecule has 0 radical (unpaired) electrons. The van der Waals surface area contributed by atoms with E-state index < -0.39 is 0 Å². The van der Waals surface area contributed by atoms with Crippen molar-refractivity contribution in [3.05, 3.63) is 56.2 Å². The van der Waals surface area contributed by atoms with Crippen molar-refractivity contribution in [3.8, 4) is 0 Å². The number of rotatable bonds is 4. The summed E-state index contributed by atoms with van der Waals surface area (Å²) < 4.78 is 0. The van der Waals surface area contributed by atoms with Crippen LogP contribution in [0.4, 0.5) is 0 Å². The standard InChI is InChI=1S/C14H16ClNS/c1-10-7-14(17-11(10)2)9-16-8-12-3-5-13(15)6-4-12/h3-7,16H,8-9H2,1-2H3. The van der Waals surface area contributed by atoms with Gasteiger partial charge in [-0.05, 0) is 43.2 Å². The normalized spacial score (nSPS) is 10.8. The molecule has 0 aliphatic heterocycles. The summed E-state index contributed by atoms with van der Waals surface area (Å²) in [6.07, 6.45) is 0. The zero-order valence-electron chi connectivity index (χ0n) is 10.1. The van der Waals surface area contributed by atoms with Crippen molar-refractivity contribution in [2.45, 2.75) is 26.9 Å². The summed E-state index contributed by atoms with van der Waals surface area (Å²) in [6, 6.07) is 10.2. The first-order valence-electron chi connectivity index (χ1n) is 5.66. The molecule has 0 aliphatic rings. The number of aryl methyl sites for hydroxylation is 2. The van der Waals surface area contributed by atoms with Gasteiger partial charge in [-0.1, -0.05) is 23.7 Å². The zero-order chi connectivity index (χ0) is 12.3. The van der Waals surface area contributed by atoms with Crippen LogP contribution in [-0.2, 0) is 13.1 Å². The number of benzene rings is 1. The average Bonchev–Trinajstić information content (AvgIpc) is 2.61. The minimum absolute atomic E-state index is 0.790. The molecule has 0 atom stereocenters. The molecule has 3 heteroatoms. The smallest absolute Gasteiger partial charge is 0.0406 e. The minimum atomic E-state index is 0.790. The first-order valence-corrected chi connectivity index (χ1v) is 6.85. The van der Waals surface area contributed by atoms with Crippen LogP contribution in [0.15, 0.2) is 30.3 Å². The van der Waals surface area contributed by atoms with Crippen molar-refractivity contribution in [2.24, 2.45) is 0 Å². The van der Waals surface area contributed by atoms with E-state index in [0.29, 0.717) is 0 Å². The highest BCUT2D eigenvalue weighted by Gasteiger charge is 2.01. The van der Waals surface area contributed by atoms with E-state index in [1.54, 1.807) is 0 Å². The molecule has 0 bridgehead atoms. The van der Waals surface area contributed by atoms with Crippen LogP contribution >= 0.6 is 22.9 Å². The van der Waals surface area contributed by atoms with Crippen LogP contribution in [0.2, 0.25) is 5.02 Å². The van der Waals surface area contributed by atoms with Crippen LogP contribution in [0.5, 0.6) is 0 Å². The number of thiophene rings is 1. The van der Waals surface area contributed by atoms with E-state index in [4.69, 9.17) is 11.6 Å². The highest BCUT2D eigenvalue weighted by atomic mass is 35.5. The van der Waals surface area contributed by atoms with Crippen LogP contribution in [0.1, 0.15) is 20.9 Å². The number of hydrogen-bond donors (Lipinski definition) is 1. The lowest BCUT2D eigenvalue weighted by Gasteiger charge is -2.03. The molecule has 0 fully saturated rings. The van der Waals surface area contributed by atoms with E-state index in [0.717, 1.165) is 18.1 Å². The van der Waals surface area contributed by atoms with Crippen molar-refractivity contribution in [1.29, 1.82) is 0 Å². The molecule has 0 aliphatic carbocycles. The fourth-order valence-electron chi connectivity index (χ4n) is 1.67. The van der Waals surface area contributed by atoms with Crippen LogP contribution in [-0.4, -0.2) is 0 Å². The molecule has 1 nitrogen and oxygen atoms in total. The van der Waals surface area contributed by atoms with Gasteiger partial charge in [0.2, 0.25) is 0 Å². The number of hydrogen-bond acceptors (Lipinski definition) is 2. The summed E-state index contributed by atoms with van der Waals surface area (Å²) in [5.41, 5.74) is 2.65. The predicted molar refractivity (Wildman–Crippen MR) is 75.8 cm³/mol. The van der Waals surface area contributed by atoms with Gasteiger partial charge < -0.3 is 5.32 Å². The van der Waals surface area contributed by atoms with Crippen LogP contribution in [0.3, 0.4) is 0 Å². The Morgan fingerprint density at radius 3 is 2.41 bits per heavy atom. The van der Waals surface area contributed by atoms with Gasteiger partial charge in [0, 0.05) is 27.9 Å². The lowest BCUT2D eigenvalue weighted by atomic mass is 10.2. The summed E-state index contributed by atoms with van der Waals surface area (Å²) in [7, 11) is 0. The van der Waals surface area contributed by atoms with E-state index in [-0.39, 0.29) is 0 Å². The molecular formula is C14H16ClNS. The highest BCUT2D eigenvalue weighted by molar-refractivity contribution is 7.12. The van der Waals surface area contributed by atoms with Gasteiger partial charge in [-0.15, -0.1) is 11.3 Å². The molecule has 90 valence electrons. The van der Waals surface area contributed by atoms with Crippen LogP contribution in [0, 0.1) is 13.8 Å². The monoisotopic (exact) mass is 265 g/mol. The molecule has 1 aromatic heterocycles. The molecule has 1 heterocycles. The SMILES string of the molecule is Cc1cc(CNCc2ccc(Cl)cc2)sc1C. The molecule has 1 aromatic carbocycles. The van der Waals surface area contributed by atoms with Crippen LogP contribution in [0.25, 0.3) is 0 Å². The Morgan fingerprint density at radius 2 is 1.82 bits per heavy atom. The lowest BCUT2D eigenvalue weighted by molar-refractivity contribution is 0.701. The topological polar surface area (TPSA) is 12.0 Å². The molecule has 0 spiro atoms. The van der Waals surface area contributed by atoms with Crippen LogP contribution < -0.4 is 5.32 Å². The van der Waals surface area contributed by atoms with Crippen molar-refractivity contribution in [2.75, 3.05) is 0 Å². The van der Waals surface area contributed by atoms with E-state index in [1.807, 2.05) is 23.5 Å². The first kappa shape index (κ1) is 12.6. The largest absolute Gasteiger partial charge is 0.308 e. The molecule has 0 saturated carbocycles. The van der Waals surface area contributed by atoms with Gasteiger partial charge in [0.15, 0.2) is 0 Å². The summed E-state index contributed by atoms with van der Waals surface area (Å²) in [5, 5.41) is 4.24. The lowest BCUT2D eigenvalue weighted by Crippen LogP contribution is -2.11. The molecule has 17 heavy (non-hydrogen) atoms. The second-order valence-electron chi connectivity index (χ2n) is 4.18. The van der Waals surface area contributed by atoms with Crippen molar-refractivity contribution in [1.82, 2.24) is 5.32 Å².